The predicted octanol–water partition coefficient (Wildman–Crippen LogP) is 0.356. The summed E-state index contributed by atoms with van der Waals surface area (Å²) < 4.78 is 28.3. The average molecular weight is 386 g/mol. The van der Waals surface area contributed by atoms with E-state index in [9.17, 15) is 18.0 Å². The fourth-order valence-corrected chi connectivity index (χ4v) is 4.43. The van der Waals surface area contributed by atoms with Crippen LogP contribution in [0.4, 0.5) is 0 Å². The highest BCUT2D eigenvalue weighted by Gasteiger charge is 2.33. The summed E-state index contributed by atoms with van der Waals surface area (Å²) >= 11 is 0. The van der Waals surface area contributed by atoms with Gasteiger partial charge in [0.05, 0.1) is 0 Å². The Hall–Kier alpha value is -1.94. The molecule has 10 heteroatoms. The van der Waals surface area contributed by atoms with E-state index >= 15 is 0 Å². The fourth-order valence-electron chi connectivity index (χ4n) is 2.93. The fraction of sp³-hybridized carbons (Fsp3) is 0.688. The van der Waals surface area contributed by atoms with Gasteiger partial charge in [0.25, 0.3) is 10.0 Å². The minimum absolute atomic E-state index is 0.000457. The third-order valence-electron chi connectivity index (χ3n) is 4.66. The van der Waals surface area contributed by atoms with Gasteiger partial charge in [-0.25, -0.2) is 13.4 Å². The number of imidazole rings is 1. The molecule has 1 aliphatic heterocycles. The van der Waals surface area contributed by atoms with Gasteiger partial charge >= 0.3 is 5.97 Å². The molecule has 2 N–H and O–H groups in total. The second-order valence-electron chi connectivity index (χ2n) is 6.86. The molecule has 1 aromatic rings. The number of carboxylic acids is 1. The van der Waals surface area contributed by atoms with E-state index in [-0.39, 0.29) is 42.3 Å². The summed E-state index contributed by atoms with van der Waals surface area (Å²) in [5, 5.41) is 11.5. The number of carboxylic acid groups (broad SMARTS) is 1. The smallest absolute Gasteiger partial charge is 0.303 e. The summed E-state index contributed by atoms with van der Waals surface area (Å²) in [5.74, 6) is -0.829. The van der Waals surface area contributed by atoms with Crippen molar-refractivity contribution in [2.45, 2.75) is 38.1 Å². The molecule has 1 amide bonds. The van der Waals surface area contributed by atoms with Crippen LogP contribution in [-0.2, 0) is 26.7 Å². The number of hydrogen-bond donors (Lipinski definition) is 2. The summed E-state index contributed by atoms with van der Waals surface area (Å²) in [5.41, 5.74) is 0. The summed E-state index contributed by atoms with van der Waals surface area (Å²) in [4.78, 5) is 27.0. The third kappa shape index (κ3) is 4.82. The van der Waals surface area contributed by atoms with E-state index in [1.165, 1.54) is 10.5 Å². The van der Waals surface area contributed by atoms with Crippen LogP contribution in [0.25, 0.3) is 0 Å². The van der Waals surface area contributed by atoms with Crippen LogP contribution >= 0.6 is 0 Å². The molecule has 0 aliphatic carbocycles. The average Bonchev–Trinajstić information content (AvgIpc) is 2.92. The largest absolute Gasteiger partial charge is 0.481 e. The highest BCUT2D eigenvalue weighted by Crippen LogP contribution is 2.23. The molecule has 146 valence electrons. The number of carbonyl (C=O) groups is 2. The van der Waals surface area contributed by atoms with Crippen LogP contribution in [0.3, 0.4) is 0 Å². The number of piperidine rings is 1. The molecule has 1 fully saturated rings. The quantitative estimate of drug-likeness (QED) is 0.698. The molecule has 1 aliphatic rings. The minimum Gasteiger partial charge on any atom is -0.481 e. The van der Waals surface area contributed by atoms with Crippen molar-refractivity contribution in [1.82, 2.24) is 19.2 Å². The third-order valence-corrected chi connectivity index (χ3v) is 6.43. The Morgan fingerprint density at radius 3 is 2.50 bits per heavy atom. The van der Waals surface area contributed by atoms with Gasteiger partial charge in [-0.1, -0.05) is 6.92 Å². The Kier molecular flexibility index (Phi) is 6.40. The topological polar surface area (TPSA) is 122 Å². The van der Waals surface area contributed by atoms with Crippen LogP contribution in [0.15, 0.2) is 11.2 Å². The minimum atomic E-state index is -3.65. The van der Waals surface area contributed by atoms with E-state index in [0.717, 1.165) is 0 Å². The van der Waals surface area contributed by atoms with Gasteiger partial charge < -0.3 is 15.0 Å². The zero-order chi connectivity index (χ0) is 19.5. The van der Waals surface area contributed by atoms with Gasteiger partial charge in [0.2, 0.25) is 5.91 Å². The van der Waals surface area contributed by atoms with Gasteiger partial charge in [0, 0.05) is 45.2 Å². The molecule has 1 unspecified atom stereocenters. The van der Waals surface area contributed by atoms with Crippen molar-refractivity contribution in [3.8, 4) is 0 Å². The molecule has 1 saturated heterocycles. The first-order chi connectivity index (χ1) is 12.1. The highest BCUT2D eigenvalue weighted by atomic mass is 32.2. The summed E-state index contributed by atoms with van der Waals surface area (Å²) in [6.07, 6.45) is 2.36. The molecular weight excluding hydrogens is 360 g/mol. The van der Waals surface area contributed by atoms with Crippen molar-refractivity contribution in [2.75, 3.05) is 19.6 Å². The number of aromatic nitrogens is 2. The maximum Gasteiger partial charge on any atom is 0.303 e. The van der Waals surface area contributed by atoms with Crippen LogP contribution < -0.4 is 5.32 Å². The molecule has 0 bridgehead atoms. The molecule has 0 saturated carbocycles. The lowest BCUT2D eigenvalue weighted by molar-refractivity contribution is -0.138. The molecule has 2 rings (SSSR count). The van der Waals surface area contributed by atoms with Crippen LogP contribution in [0.2, 0.25) is 0 Å². The second-order valence-corrected chi connectivity index (χ2v) is 8.75. The number of aryl methyl sites for hydroxylation is 2. The van der Waals surface area contributed by atoms with Gasteiger partial charge in [-0.15, -0.1) is 0 Å². The molecule has 26 heavy (non-hydrogen) atoms. The van der Waals surface area contributed by atoms with E-state index in [2.05, 4.69) is 10.3 Å². The van der Waals surface area contributed by atoms with Crippen LogP contribution in [0.1, 0.15) is 32.0 Å². The van der Waals surface area contributed by atoms with Gasteiger partial charge in [-0.05, 0) is 25.7 Å². The van der Waals surface area contributed by atoms with E-state index in [4.69, 9.17) is 5.11 Å². The van der Waals surface area contributed by atoms with Crippen molar-refractivity contribution < 1.29 is 23.1 Å². The van der Waals surface area contributed by atoms with Gasteiger partial charge in [0.1, 0.15) is 5.82 Å². The molecular formula is C16H26N4O5S. The monoisotopic (exact) mass is 386 g/mol. The Morgan fingerprint density at radius 2 is 2.00 bits per heavy atom. The first-order valence-corrected chi connectivity index (χ1v) is 10.0. The summed E-state index contributed by atoms with van der Waals surface area (Å²) in [6.45, 7) is 4.33. The van der Waals surface area contributed by atoms with E-state index < -0.39 is 16.0 Å². The van der Waals surface area contributed by atoms with Gasteiger partial charge in [-0.3, -0.25) is 9.59 Å². The number of sulfonamides is 1. The number of aliphatic carboxylic acids is 1. The molecule has 0 aromatic carbocycles. The van der Waals surface area contributed by atoms with E-state index in [1.807, 2.05) is 0 Å². The van der Waals surface area contributed by atoms with Gasteiger partial charge in [-0.2, -0.15) is 4.31 Å². The molecule has 0 spiro atoms. The lowest BCUT2D eigenvalue weighted by Gasteiger charge is -2.30. The number of amides is 1. The summed E-state index contributed by atoms with van der Waals surface area (Å²) in [6, 6.07) is 0. The molecule has 1 aromatic heterocycles. The first-order valence-electron chi connectivity index (χ1n) is 8.61. The van der Waals surface area contributed by atoms with Crippen molar-refractivity contribution in [3.05, 3.63) is 12.0 Å². The predicted molar refractivity (Wildman–Crippen MR) is 93.9 cm³/mol. The van der Waals surface area contributed by atoms with E-state index in [0.29, 0.717) is 25.2 Å². The van der Waals surface area contributed by atoms with Crippen LogP contribution in [-0.4, -0.2) is 58.9 Å². The molecule has 9 nitrogen and oxygen atoms in total. The molecule has 0 radical (unpaired) electrons. The highest BCUT2D eigenvalue weighted by molar-refractivity contribution is 7.89. The number of nitrogens with zero attached hydrogens (tertiary/aromatic N) is 3. The molecule has 1 atom stereocenters. The zero-order valence-corrected chi connectivity index (χ0v) is 16.1. The maximum atomic E-state index is 12.6. The Balaban J connectivity index is 1.88. The normalized spacial score (nSPS) is 17.8. The number of nitrogens with one attached hydrogen (secondary N) is 1. The van der Waals surface area contributed by atoms with Crippen molar-refractivity contribution in [3.63, 3.8) is 0 Å². The van der Waals surface area contributed by atoms with Crippen LogP contribution in [0, 0.1) is 18.8 Å². The second kappa shape index (κ2) is 8.17. The SMILES string of the molecule is Cc1nc(S(=O)(=O)N2CCC(C(=O)NCC(C)CC(=O)O)CC2)cn1C. The van der Waals surface area contributed by atoms with Crippen LogP contribution in [0.5, 0.6) is 0 Å². The summed E-state index contributed by atoms with van der Waals surface area (Å²) in [7, 11) is -1.91. The van der Waals surface area contributed by atoms with Crippen molar-refractivity contribution >= 4 is 21.9 Å². The maximum absolute atomic E-state index is 12.6. The van der Waals surface area contributed by atoms with Crippen molar-refractivity contribution in [1.29, 1.82) is 0 Å². The first kappa shape index (κ1) is 20.4. The Morgan fingerprint density at radius 1 is 1.38 bits per heavy atom. The van der Waals surface area contributed by atoms with E-state index in [1.54, 1.807) is 25.5 Å². The lowest BCUT2D eigenvalue weighted by Crippen LogP contribution is -2.43. The number of hydrogen-bond acceptors (Lipinski definition) is 5. The van der Waals surface area contributed by atoms with Gasteiger partial charge in [0.15, 0.2) is 5.03 Å². The Labute approximate surface area is 153 Å². The number of rotatable bonds is 7. The zero-order valence-electron chi connectivity index (χ0n) is 15.3. The van der Waals surface area contributed by atoms with Crippen molar-refractivity contribution in [2.24, 2.45) is 18.9 Å². The molecule has 2 heterocycles. The lowest BCUT2D eigenvalue weighted by atomic mass is 9.97. The standard InChI is InChI=1S/C16H26N4O5S/c1-11(8-15(21)22)9-17-16(23)13-4-6-20(7-5-13)26(24,25)14-10-19(3)12(2)18-14/h10-11,13H,4-9H2,1-3H3,(H,17,23)(H,21,22). The Bertz CT molecular complexity index is 746. The number of carbonyl (C=O) groups excluding carboxylic acids is 1.